The smallest absolute Gasteiger partial charge is 0.335 e. The third kappa shape index (κ3) is 1.97. The van der Waals surface area contributed by atoms with Crippen molar-refractivity contribution >= 4 is 17.7 Å². The van der Waals surface area contributed by atoms with Crippen molar-refractivity contribution in [2.45, 2.75) is 25.9 Å². The van der Waals surface area contributed by atoms with Crippen LogP contribution in [0.1, 0.15) is 19.8 Å². The molecule has 0 aromatic rings. The molecule has 0 aromatic carbocycles. The Morgan fingerprint density at radius 2 is 2.38 bits per heavy atom. The lowest BCUT2D eigenvalue weighted by atomic mass is 10.1. The molecule has 0 spiro atoms. The van der Waals surface area contributed by atoms with Gasteiger partial charge in [0.1, 0.15) is 6.10 Å². The van der Waals surface area contributed by atoms with Gasteiger partial charge in [0.15, 0.2) is 0 Å². The van der Waals surface area contributed by atoms with Crippen LogP contribution in [-0.4, -0.2) is 18.3 Å². The van der Waals surface area contributed by atoms with Crippen LogP contribution in [0.15, 0.2) is 23.1 Å². The summed E-state index contributed by atoms with van der Waals surface area (Å²) in [4.78, 5) is 12.4. The van der Waals surface area contributed by atoms with E-state index in [-0.39, 0.29) is 12.1 Å². The summed E-state index contributed by atoms with van der Waals surface area (Å²) in [6, 6.07) is 0. The first-order valence-corrected chi connectivity index (χ1v) is 5.56. The molecule has 1 aliphatic rings. The van der Waals surface area contributed by atoms with Crippen LogP contribution in [0.25, 0.3) is 0 Å². The lowest BCUT2D eigenvalue weighted by molar-refractivity contribution is -0.139. The number of thioether (sulfide) groups is 1. The minimum absolute atomic E-state index is 0.0163. The van der Waals surface area contributed by atoms with Gasteiger partial charge in [-0.1, -0.05) is 13.0 Å². The van der Waals surface area contributed by atoms with Gasteiger partial charge in [-0.25, -0.2) is 4.79 Å². The highest BCUT2D eigenvalue weighted by molar-refractivity contribution is 8.02. The molecule has 0 amide bonds. The minimum Gasteiger partial charge on any atom is -0.454 e. The lowest BCUT2D eigenvalue weighted by Crippen LogP contribution is -2.08. The second-order valence-corrected chi connectivity index (χ2v) is 3.69. The third-order valence-electron chi connectivity index (χ3n) is 2.02. The lowest BCUT2D eigenvalue weighted by Gasteiger charge is -2.08. The van der Waals surface area contributed by atoms with Gasteiger partial charge >= 0.3 is 5.97 Å². The summed E-state index contributed by atoms with van der Waals surface area (Å²) in [7, 11) is 0. The van der Waals surface area contributed by atoms with E-state index >= 15 is 0 Å². The molecule has 1 atom stereocenters. The number of allylic oxidation sites excluding steroid dienone is 1. The van der Waals surface area contributed by atoms with Crippen LogP contribution in [0.2, 0.25) is 0 Å². The van der Waals surface area contributed by atoms with E-state index < -0.39 is 0 Å². The van der Waals surface area contributed by atoms with Crippen LogP contribution in [0.3, 0.4) is 0 Å². The fourth-order valence-corrected chi connectivity index (χ4v) is 2.29. The largest absolute Gasteiger partial charge is 0.454 e. The summed E-state index contributed by atoms with van der Waals surface area (Å²) < 4.78 is 5.20. The van der Waals surface area contributed by atoms with Crippen LogP contribution >= 0.6 is 11.8 Å². The maximum Gasteiger partial charge on any atom is 0.335 e. The first-order valence-electron chi connectivity index (χ1n) is 4.33. The summed E-state index contributed by atoms with van der Waals surface area (Å²) >= 11 is 1.60. The molecule has 0 N–H and O–H groups in total. The van der Waals surface area contributed by atoms with E-state index in [0.717, 1.165) is 16.9 Å². The molecule has 1 unspecified atom stereocenters. The fraction of sp³-hybridized carbons (Fsp3) is 0.500. The van der Waals surface area contributed by atoms with Gasteiger partial charge in [0.05, 0.1) is 5.57 Å². The van der Waals surface area contributed by atoms with E-state index in [0.29, 0.717) is 6.42 Å². The van der Waals surface area contributed by atoms with Crippen molar-refractivity contribution in [1.82, 2.24) is 0 Å². The van der Waals surface area contributed by atoms with E-state index in [2.05, 4.69) is 6.58 Å². The number of carbonyl (C=O) groups excluding carboxylic acids is 1. The zero-order valence-corrected chi connectivity index (χ0v) is 8.82. The van der Waals surface area contributed by atoms with E-state index in [4.69, 9.17) is 4.74 Å². The summed E-state index contributed by atoms with van der Waals surface area (Å²) in [5, 5.41) is 0. The molecule has 0 radical (unpaired) electrons. The average Bonchev–Trinajstić information content (AvgIpc) is 2.44. The molecule has 0 bridgehead atoms. The van der Waals surface area contributed by atoms with E-state index in [1.165, 1.54) is 0 Å². The Kier molecular flexibility index (Phi) is 3.60. The molecule has 1 aliphatic heterocycles. The first kappa shape index (κ1) is 10.4. The molecule has 2 nitrogen and oxygen atoms in total. The van der Waals surface area contributed by atoms with Gasteiger partial charge in [-0.2, -0.15) is 0 Å². The van der Waals surface area contributed by atoms with Crippen molar-refractivity contribution < 1.29 is 9.53 Å². The van der Waals surface area contributed by atoms with Crippen molar-refractivity contribution in [3.05, 3.63) is 23.1 Å². The summed E-state index contributed by atoms with van der Waals surface area (Å²) in [5.74, 6) is -0.170. The topological polar surface area (TPSA) is 26.3 Å². The number of cyclic esters (lactones) is 1. The van der Waals surface area contributed by atoms with Gasteiger partial charge in [0.25, 0.3) is 0 Å². The van der Waals surface area contributed by atoms with Crippen LogP contribution in [0, 0.1) is 0 Å². The summed E-state index contributed by atoms with van der Waals surface area (Å²) in [5.41, 5.74) is 0.786. The van der Waals surface area contributed by atoms with Crippen molar-refractivity contribution in [2.75, 3.05) is 6.26 Å². The predicted octanol–water partition coefficient (Wildman–Crippen LogP) is 2.52. The molecule has 72 valence electrons. The van der Waals surface area contributed by atoms with E-state index in [9.17, 15) is 4.79 Å². The maximum atomic E-state index is 11.4. The Labute approximate surface area is 83.0 Å². The highest BCUT2D eigenvalue weighted by atomic mass is 32.2. The summed E-state index contributed by atoms with van der Waals surface area (Å²) in [6.45, 7) is 5.65. The molecule has 0 aromatic heterocycles. The van der Waals surface area contributed by atoms with Crippen molar-refractivity contribution in [1.29, 1.82) is 0 Å². The number of ether oxygens (including phenoxy) is 1. The van der Waals surface area contributed by atoms with Crippen LogP contribution in [0.4, 0.5) is 0 Å². The van der Waals surface area contributed by atoms with Gasteiger partial charge in [0.2, 0.25) is 0 Å². The Hall–Kier alpha value is -0.700. The SMILES string of the molecule is C=CCC1=C(SC)C(CC)OC1=O. The zero-order valence-electron chi connectivity index (χ0n) is 8.00. The summed E-state index contributed by atoms with van der Waals surface area (Å²) in [6.07, 6.45) is 5.17. The third-order valence-corrected chi connectivity index (χ3v) is 2.97. The van der Waals surface area contributed by atoms with E-state index in [1.807, 2.05) is 13.2 Å². The van der Waals surface area contributed by atoms with Gasteiger partial charge in [0, 0.05) is 4.91 Å². The Morgan fingerprint density at radius 1 is 1.69 bits per heavy atom. The Balaban J connectivity index is 2.92. The Bertz CT molecular complexity index is 256. The standard InChI is InChI=1S/C10H14O2S/c1-4-6-7-9(13-3)8(5-2)12-10(7)11/h4,8H,1,5-6H2,2-3H3. The molecular formula is C10H14O2S. The van der Waals surface area contributed by atoms with Crippen LogP contribution < -0.4 is 0 Å². The molecule has 0 saturated heterocycles. The molecule has 3 heteroatoms. The normalized spacial score (nSPS) is 22.0. The predicted molar refractivity (Wildman–Crippen MR) is 55.5 cm³/mol. The van der Waals surface area contributed by atoms with Crippen molar-refractivity contribution in [3.63, 3.8) is 0 Å². The molecule has 1 rings (SSSR count). The van der Waals surface area contributed by atoms with Gasteiger partial charge in [-0.05, 0) is 19.1 Å². The second-order valence-electron chi connectivity index (χ2n) is 2.84. The number of carbonyl (C=O) groups is 1. The van der Waals surface area contributed by atoms with Gasteiger partial charge < -0.3 is 4.74 Å². The van der Waals surface area contributed by atoms with E-state index in [1.54, 1.807) is 17.8 Å². The Morgan fingerprint density at radius 3 is 2.85 bits per heavy atom. The quantitative estimate of drug-likeness (QED) is 0.513. The number of hydrogen-bond donors (Lipinski definition) is 0. The number of rotatable bonds is 4. The maximum absolute atomic E-state index is 11.4. The van der Waals surface area contributed by atoms with Gasteiger partial charge in [-0.3, -0.25) is 0 Å². The fourth-order valence-electron chi connectivity index (χ4n) is 1.40. The average molecular weight is 198 g/mol. The second kappa shape index (κ2) is 4.51. The highest BCUT2D eigenvalue weighted by Gasteiger charge is 2.31. The molecule has 0 saturated carbocycles. The molecule has 0 aliphatic carbocycles. The molecular weight excluding hydrogens is 184 g/mol. The molecule has 0 fully saturated rings. The zero-order chi connectivity index (χ0) is 9.84. The number of esters is 1. The molecule has 1 heterocycles. The van der Waals surface area contributed by atoms with Crippen LogP contribution in [-0.2, 0) is 9.53 Å². The first-order chi connectivity index (χ1) is 6.24. The van der Waals surface area contributed by atoms with Crippen molar-refractivity contribution in [2.24, 2.45) is 0 Å². The van der Waals surface area contributed by atoms with Crippen LogP contribution in [0.5, 0.6) is 0 Å². The monoisotopic (exact) mass is 198 g/mol. The van der Waals surface area contributed by atoms with Crippen molar-refractivity contribution in [3.8, 4) is 0 Å². The minimum atomic E-state index is -0.170. The highest BCUT2D eigenvalue weighted by Crippen LogP contribution is 2.33. The molecule has 13 heavy (non-hydrogen) atoms. The number of hydrogen-bond acceptors (Lipinski definition) is 3. The van der Waals surface area contributed by atoms with Gasteiger partial charge in [-0.15, -0.1) is 18.3 Å².